The maximum atomic E-state index is 14.0. The van der Waals surface area contributed by atoms with Crippen LogP contribution in [0.15, 0.2) is 66.9 Å². The number of nitrogens with zero attached hydrogens (tertiary/aromatic N) is 2. The largest absolute Gasteiger partial charge is 0.494 e. The molecule has 1 atom stereocenters. The molecular weight excluding hydrogens is 357 g/mol. The zero-order valence-electron chi connectivity index (χ0n) is 15.6. The van der Waals surface area contributed by atoms with Gasteiger partial charge in [0.05, 0.1) is 18.3 Å². The van der Waals surface area contributed by atoms with E-state index in [1.165, 1.54) is 6.07 Å². The summed E-state index contributed by atoms with van der Waals surface area (Å²) in [5.41, 5.74) is 2.18. The Morgan fingerprint density at radius 1 is 1.11 bits per heavy atom. The number of benzene rings is 2. The van der Waals surface area contributed by atoms with Gasteiger partial charge in [-0.25, -0.2) is 9.18 Å². The number of nitrogens with one attached hydrogen (secondary N) is 1. The first-order valence-corrected chi connectivity index (χ1v) is 9.37. The van der Waals surface area contributed by atoms with Gasteiger partial charge in [0.2, 0.25) is 0 Å². The lowest BCUT2D eigenvalue weighted by molar-refractivity contribution is 0.181. The van der Waals surface area contributed by atoms with Crippen molar-refractivity contribution in [1.29, 1.82) is 0 Å². The molecule has 2 heterocycles. The molecule has 6 heteroatoms. The summed E-state index contributed by atoms with van der Waals surface area (Å²) in [7, 11) is 0. The highest BCUT2D eigenvalue weighted by Gasteiger charge is 2.32. The second-order valence-corrected chi connectivity index (χ2v) is 6.63. The lowest BCUT2D eigenvalue weighted by Crippen LogP contribution is -2.44. The number of ether oxygens (including phenoxy) is 1. The Morgan fingerprint density at radius 2 is 1.89 bits per heavy atom. The average Bonchev–Trinajstić information content (AvgIpc) is 3.19. The minimum atomic E-state index is -0.450. The molecule has 0 saturated carbocycles. The van der Waals surface area contributed by atoms with Crippen LogP contribution in [0.3, 0.4) is 0 Å². The summed E-state index contributed by atoms with van der Waals surface area (Å²) in [6, 6.07) is 17.4. The van der Waals surface area contributed by atoms with Gasteiger partial charge in [-0.2, -0.15) is 0 Å². The van der Waals surface area contributed by atoms with Crippen LogP contribution in [0.4, 0.5) is 14.9 Å². The van der Waals surface area contributed by atoms with Crippen molar-refractivity contribution in [3.8, 4) is 5.75 Å². The number of urea groups is 1. The molecule has 0 bridgehead atoms. The Hall–Kier alpha value is -3.28. The highest BCUT2D eigenvalue weighted by molar-refractivity contribution is 5.90. The number of amides is 2. The fourth-order valence-electron chi connectivity index (χ4n) is 3.62. The fourth-order valence-corrected chi connectivity index (χ4v) is 3.62. The van der Waals surface area contributed by atoms with Crippen LogP contribution in [-0.2, 0) is 6.54 Å². The molecule has 1 aliphatic rings. The van der Waals surface area contributed by atoms with E-state index in [1.807, 2.05) is 49.5 Å². The van der Waals surface area contributed by atoms with Gasteiger partial charge in [0, 0.05) is 25.0 Å². The summed E-state index contributed by atoms with van der Waals surface area (Å²) >= 11 is 0. The van der Waals surface area contributed by atoms with Crippen LogP contribution in [0.25, 0.3) is 0 Å². The summed E-state index contributed by atoms with van der Waals surface area (Å²) < 4.78 is 21.7. The van der Waals surface area contributed by atoms with Crippen LogP contribution in [0.2, 0.25) is 0 Å². The van der Waals surface area contributed by atoms with Crippen molar-refractivity contribution in [2.45, 2.75) is 19.5 Å². The van der Waals surface area contributed by atoms with Gasteiger partial charge < -0.3 is 19.5 Å². The minimum Gasteiger partial charge on any atom is -0.494 e. The Morgan fingerprint density at radius 3 is 2.64 bits per heavy atom. The second kappa shape index (κ2) is 7.76. The Labute approximate surface area is 163 Å². The van der Waals surface area contributed by atoms with Gasteiger partial charge >= 0.3 is 6.03 Å². The average molecular weight is 379 g/mol. The fraction of sp³-hybridized carbons (Fsp3) is 0.227. The number of anilines is 1. The van der Waals surface area contributed by atoms with E-state index in [1.54, 1.807) is 23.1 Å². The third-order valence-electron chi connectivity index (χ3n) is 4.92. The van der Waals surface area contributed by atoms with Gasteiger partial charge in [-0.1, -0.05) is 24.3 Å². The molecule has 4 rings (SSSR count). The van der Waals surface area contributed by atoms with Crippen LogP contribution in [0.5, 0.6) is 5.75 Å². The van der Waals surface area contributed by atoms with Crippen molar-refractivity contribution in [3.05, 3.63) is 83.9 Å². The molecule has 0 unspecified atom stereocenters. The molecule has 28 heavy (non-hydrogen) atoms. The van der Waals surface area contributed by atoms with Gasteiger partial charge in [0.1, 0.15) is 11.6 Å². The van der Waals surface area contributed by atoms with E-state index in [9.17, 15) is 9.18 Å². The normalized spacial score (nSPS) is 15.8. The van der Waals surface area contributed by atoms with Crippen molar-refractivity contribution in [2.24, 2.45) is 0 Å². The maximum Gasteiger partial charge on any atom is 0.322 e. The van der Waals surface area contributed by atoms with Gasteiger partial charge in [-0.05, 0) is 48.9 Å². The zero-order chi connectivity index (χ0) is 19.5. The highest BCUT2D eigenvalue weighted by atomic mass is 19.1. The second-order valence-electron chi connectivity index (χ2n) is 6.63. The molecule has 2 amide bonds. The number of fused-ring (bicyclic) bond motifs is 1. The quantitative estimate of drug-likeness (QED) is 0.716. The number of hydrogen-bond donors (Lipinski definition) is 1. The van der Waals surface area contributed by atoms with Crippen molar-refractivity contribution in [3.63, 3.8) is 0 Å². The molecular formula is C22H22FN3O2. The first-order valence-electron chi connectivity index (χ1n) is 9.37. The minimum absolute atomic E-state index is 0.180. The number of aromatic nitrogens is 1. The van der Waals surface area contributed by atoms with Crippen LogP contribution < -0.4 is 10.1 Å². The summed E-state index contributed by atoms with van der Waals surface area (Å²) in [5, 5.41) is 2.71. The SMILES string of the molecule is CCOc1ccc([C@@H]2c3cccn3CCN2C(=O)Nc2ccccc2F)cc1. The Kier molecular flexibility index (Phi) is 5.02. The smallest absolute Gasteiger partial charge is 0.322 e. The van der Waals surface area contributed by atoms with E-state index in [2.05, 4.69) is 9.88 Å². The predicted molar refractivity (Wildman–Crippen MR) is 106 cm³/mol. The predicted octanol–water partition coefficient (Wildman–Crippen LogP) is 4.66. The third kappa shape index (κ3) is 3.45. The van der Waals surface area contributed by atoms with E-state index in [0.717, 1.165) is 17.0 Å². The number of halogens is 1. The maximum absolute atomic E-state index is 14.0. The van der Waals surface area contributed by atoms with Crippen LogP contribution in [0.1, 0.15) is 24.2 Å². The van der Waals surface area contributed by atoms with Gasteiger partial charge in [-0.15, -0.1) is 0 Å². The van der Waals surface area contributed by atoms with Crippen LogP contribution >= 0.6 is 0 Å². The lowest BCUT2D eigenvalue weighted by atomic mass is 10.00. The molecule has 1 aromatic heterocycles. The Bertz CT molecular complexity index is 968. The number of hydrogen-bond acceptors (Lipinski definition) is 2. The highest BCUT2D eigenvalue weighted by Crippen LogP contribution is 2.33. The monoisotopic (exact) mass is 379 g/mol. The summed E-state index contributed by atoms with van der Waals surface area (Å²) in [4.78, 5) is 14.8. The summed E-state index contributed by atoms with van der Waals surface area (Å²) in [6.07, 6.45) is 2.02. The summed E-state index contributed by atoms with van der Waals surface area (Å²) in [6.45, 7) is 3.76. The van der Waals surface area contributed by atoms with E-state index < -0.39 is 5.82 Å². The first kappa shape index (κ1) is 18.1. The molecule has 0 fully saturated rings. The van der Waals surface area contributed by atoms with Gasteiger partial charge in [0.15, 0.2) is 0 Å². The lowest BCUT2D eigenvalue weighted by Gasteiger charge is -2.37. The molecule has 1 N–H and O–H groups in total. The van der Waals surface area contributed by atoms with E-state index in [0.29, 0.717) is 19.7 Å². The number of carbonyl (C=O) groups excluding carboxylic acids is 1. The third-order valence-corrected chi connectivity index (χ3v) is 4.92. The molecule has 5 nitrogen and oxygen atoms in total. The van der Waals surface area contributed by atoms with Crippen LogP contribution in [-0.4, -0.2) is 28.6 Å². The van der Waals surface area contributed by atoms with Gasteiger partial charge in [0.25, 0.3) is 0 Å². The molecule has 1 aliphatic heterocycles. The number of rotatable bonds is 4. The molecule has 0 saturated heterocycles. The van der Waals surface area contributed by atoms with E-state index in [4.69, 9.17) is 4.74 Å². The molecule has 144 valence electrons. The Balaban J connectivity index is 1.65. The number of carbonyl (C=O) groups is 1. The summed E-state index contributed by atoms with van der Waals surface area (Å²) in [5.74, 6) is 0.341. The standard InChI is InChI=1S/C22H22FN3O2/c1-2-28-17-11-9-16(10-12-17)21-20-8-5-13-25(20)14-15-26(21)22(27)24-19-7-4-3-6-18(19)23/h3-13,21H,2,14-15H2,1H3,(H,24,27)/t21-/m1/s1. The van der Waals surface area contributed by atoms with E-state index in [-0.39, 0.29) is 17.8 Å². The van der Waals surface area contributed by atoms with Crippen molar-refractivity contribution >= 4 is 11.7 Å². The molecule has 0 spiro atoms. The first-order chi connectivity index (χ1) is 13.7. The number of para-hydroxylation sites is 1. The van der Waals surface area contributed by atoms with Crippen molar-refractivity contribution in [2.75, 3.05) is 18.5 Å². The van der Waals surface area contributed by atoms with Crippen LogP contribution in [0, 0.1) is 5.82 Å². The van der Waals surface area contributed by atoms with Gasteiger partial charge in [-0.3, -0.25) is 0 Å². The zero-order valence-corrected chi connectivity index (χ0v) is 15.6. The molecule has 0 radical (unpaired) electrons. The van der Waals surface area contributed by atoms with Crippen molar-refractivity contribution in [1.82, 2.24) is 9.47 Å². The van der Waals surface area contributed by atoms with Crippen molar-refractivity contribution < 1.29 is 13.9 Å². The topological polar surface area (TPSA) is 46.5 Å². The molecule has 0 aliphatic carbocycles. The molecule has 3 aromatic rings. The van der Waals surface area contributed by atoms with E-state index >= 15 is 0 Å². The molecule has 2 aromatic carbocycles.